The quantitative estimate of drug-likeness (QED) is 0.319. The predicted molar refractivity (Wildman–Crippen MR) is 96.5 cm³/mol. The van der Waals surface area contributed by atoms with Gasteiger partial charge >= 0.3 is 5.97 Å². The molecule has 7 heteroatoms. The Morgan fingerprint density at radius 2 is 1.88 bits per heavy atom. The average molecular weight is 351 g/mol. The van der Waals surface area contributed by atoms with Crippen LogP contribution in [-0.2, 0) is 9.53 Å². The predicted octanol–water partition coefficient (Wildman–Crippen LogP) is 3.03. The SMILES string of the molecule is CCOC(=O)c1ccccc1N/C=C(/C#N)C(=O)Nc1ccc(O)cc1. The zero-order chi connectivity index (χ0) is 18.9. The molecule has 0 saturated carbocycles. The molecule has 0 spiro atoms. The van der Waals surface area contributed by atoms with Crippen LogP contribution in [0.15, 0.2) is 60.3 Å². The molecule has 0 aromatic heterocycles. The molecular weight excluding hydrogens is 334 g/mol. The third kappa shape index (κ3) is 4.85. The van der Waals surface area contributed by atoms with Gasteiger partial charge in [-0.25, -0.2) is 4.79 Å². The highest BCUT2D eigenvalue weighted by molar-refractivity contribution is 6.07. The second kappa shape index (κ2) is 8.89. The number of nitriles is 1. The normalized spacial score (nSPS) is 10.5. The molecule has 0 aliphatic rings. The van der Waals surface area contributed by atoms with Gasteiger partial charge in [-0.15, -0.1) is 0 Å². The summed E-state index contributed by atoms with van der Waals surface area (Å²) in [4.78, 5) is 24.1. The molecule has 0 heterocycles. The number of aromatic hydroxyl groups is 1. The zero-order valence-corrected chi connectivity index (χ0v) is 14.0. The maximum atomic E-state index is 12.2. The van der Waals surface area contributed by atoms with Gasteiger partial charge in [-0.2, -0.15) is 5.26 Å². The van der Waals surface area contributed by atoms with Crippen molar-refractivity contribution in [1.82, 2.24) is 0 Å². The first-order valence-electron chi connectivity index (χ1n) is 7.78. The highest BCUT2D eigenvalue weighted by atomic mass is 16.5. The summed E-state index contributed by atoms with van der Waals surface area (Å²) in [5.74, 6) is -1.06. The van der Waals surface area contributed by atoms with E-state index in [9.17, 15) is 20.0 Å². The van der Waals surface area contributed by atoms with Crippen LogP contribution in [0.25, 0.3) is 0 Å². The summed E-state index contributed by atoms with van der Waals surface area (Å²) in [6, 6.07) is 14.3. The van der Waals surface area contributed by atoms with Crippen LogP contribution in [0.4, 0.5) is 11.4 Å². The number of phenolic OH excluding ortho intramolecular Hbond substituents is 1. The number of carbonyl (C=O) groups is 2. The Morgan fingerprint density at radius 3 is 2.54 bits per heavy atom. The van der Waals surface area contributed by atoms with E-state index in [1.54, 1.807) is 37.3 Å². The molecule has 0 saturated heterocycles. The molecule has 2 rings (SSSR count). The molecule has 0 atom stereocenters. The van der Waals surface area contributed by atoms with Crippen LogP contribution in [0.3, 0.4) is 0 Å². The highest BCUT2D eigenvalue weighted by Gasteiger charge is 2.13. The van der Waals surface area contributed by atoms with E-state index in [1.807, 2.05) is 0 Å². The molecule has 3 N–H and O–H groups in total. The largest absolute Gasteiger partial charge is 0.508 e. The molecule has 132 valence electrons. The molecular formula is C19H17N3O4. The minimum Gasteiger partial charge on any atom is -0.508 e. The van der Waals surface area contributed by atoms with E-state index < -0.39 is 11.9 Å². The number of amides is 1. The molecule has 0 aliphatic heterocycles. The van der Waals surface area contributed by atoms with E-state index in [4.69, 9.17) is 4.74 Å². The summed E-state index contributed by atoms with van der Waals surface area (Å²) in [6.45, 7) is 1.94. The van der Waals surface area contributed by atoms with Gasteiger partial charge in [-0.05, 0) is 43.3 Å². The van der Waals surface area contributed by atoms with Crippen molar-refractivity contribution in [1.29, 1.82) is 5.26 Å². The lowest BCUT2D eigenvalue weighted by Crippen LogP contribution is -2.15. The summed E-state index contributed by atoms with van der Waals surface area (Å²) in [7, 11) is 0. The maximum Gasteiger partial charge on any atom is 0.340 e. The first kappa shape index (κ1) is 18.5. The molecule has 0 aliphatic carbocycles. The highest BCUT2D eigenvalue weighted by Crippen LogP contribution is 2.17. The third-order valence-electron chi connectivity index (χ3n) is 3.28. The first-order valence-corrected chi connectivity index (χ1v) is 7.78. The average Bonchev–Trinajstić information content (AvgIpc) is 2.64. The van der Waals surface area contributed by atoms with Crippen molar-refractivity contribution in [2.24, 2.45) is 0 Å². The number of hydrogen-bond acceptors (Lipinski definition) is 6. The van der Waals surface area contributed by atoms with Crippen LogP contribution < -0.4 is 10.6 Å². The molecule has 0 unspecified atom stereocenters. The van der Waals surface area contributed by atoms with Gasteiger partial charge in [0.05, 0.1) is 17.9 Å². The number of rotatable bonds is 6. The lowest BCUT2D eigenvalue weighted by molar-refractivity contribution is -0.112. The van der Waals surface area contributed by atoms with Crippen molar-refractivity contribution in [2.75, 3.05) is 17.2 Å². The molecule has 2 aromatic rings. The van der Waals surface area contributed by atoms with Crippen LogP contribution in [0.2, 0.25) is 0 Å². The van der Waals surface area contributed by atoms with Gasteiger partial charge < -0.3 is 20.5 Å². The minimum absolute atomic E-state index is 0.0660. The summed E-state index contributed by atoms with van der Waals surface area (Å²) in [6.07, 6.45) is 1.22. The van der Waals surface area contributed by atoms with Crippen molar-refractivity contribution in [3.05, 3.63) is 65.9 Å². The number of esters is 1. The van der Waals surface area contributed by atoms with E-state index >= 15 is 0 Å². The van der Waals surface area contributed by atoms with Gasteiger partial charge in [0.1, 0.15) is 17.4 Å². The van der Waals surface area contributed by atoms with Gasteiger partial charge in [0.15, 0.2) is 0 Å². The van der Waals surface area contributed by atoms with E-state index in [0.717, 1.165) is 0 Å². The lowest BCUT2D eigenvalue weighted by Gasteiger charge is -2.09. The minimum atomic E-state index is -0.626. The zero-order valence-electron chi connectivity index (χ0n) is 14.0. The summed E-state index contributed by atoms with van der Waals surface area (Å²) in [5, 5.41) is 23.8. The Kier molecular flexibility index (Phi) is 6.34. The van der Waals surface area contributed by atoms with E-state index in [2.05, 4.69) is 10.6 Å². The van der Waals surface area contributed by atoms with Gasteiger partial charge in [0.2, 0.25) is 0 Å². The molecule has 0 fully saturated rings. The number of nitrogens with one attached hydrogen (secondary N) is 2. The van der Waals surface area contributed by atoms with E-state index in [1.165, 1.54) is 30.5 Å². The maximum absolute atomic E-state index is 12.2. The fourth-order valence-corrected chi connectivity index (χ4v) is 2.04. The molecule has 26 heavy (non-hydrogen) atoms. The molecule has 0 radical (unpaired) electrons. The van der Waals surface area contributed by atoms with Crippen molar-refractivity contribution in [3.63, 3.8) is 0 Å². The van der Waals surface area contributed by atoms with Crippen LogP contribution in [0.1, 0.15) is 17.3 Å². The number of para-hydroxylation sites is 1. The van der Waals surface area contributed by atoms with Crippen molar-refractivity contribution in [2.45, 2.75) is 6.92 Å². The van der Waals surface area contributed by atoms with Crippen molar-refractivity contribution < 1.29 is 19.4 Å². The number of hydrogen-bond donors (Lipinski definition) is 3. The number of anilines is 2. The van der Waals surface area contributed by atoms with Crippen LogP contribution in [0, 0.1) is 11.3 Å². The number of phenols is 1. The number of ether oxygens (including phenoxy) is 1. The lowest BCUT2D eigenvalue weighted by atomic mass is 10.1. The molecule has 7 nitrogen and oxygen atoms in total. The smallest absolute Gasteiger partial charge is 0.340 e. The van der Waals surface area contributed by atoms with Gasteiger partial charge in [0, 0.05) is 11.9 Å². The first-order chi connectivity index (χ1) is 12.5. The fraction of sp³-hybridized carbons (Fsp3) is 0.105. The van der Waals surface area contributed by atoms with E-state index in [0.29, 0.717) is 16.9 Å². The Balaban J connectivity index is 2.14. The monoisotopic (exact) mass is 351 g/mol. The summed E-state index contributed by atoms with van der Waals surface area (Å²) >= 11 is 0. The van der Waals surface area contributed by atoms with Crippen molar-refractivity contribution >= 4 is 23.3 Å². The van der Waals surface area contributed by atoms with Gasteiger partial charge in [-0.1, -0.05) is 12.1 Å². The van der Waals surface area contributed by atoms with Crippen LogP contribution >= 0.6 is 0 Å². The Hall–Kier alpha value is -3.79. The number of nitrogens with zero attached hydrogens (tertiary/aromatic N) is 1. The number of carbonyl (C=O) groups excluding carboxylic acids is 2. The van der Waals surface area contributed by atoms with Gasteiger partial charge in [-0.3, -0.25) is 4.79 Å². The van der Waals surface area contributed by atoms with Crippen molar-refractivity contribution in [3.8, 4) is 11.8 Å². The fourth-order valence-electron chi connectivity index (χ4n) is 2.04. The Morgan fingerprint density at radius 1 is 1.19 bits per heavy atom. The van der Waals surface area contributed by atoms with Crippen LogP contribution in [-0.4, -0.2) is 23.6 Å². The Bertz CT molecular complexity index is 867. The van der Waals surface area contributed by atoms with Gasteiger partial charge in [0.25, 0.3) is 5.91 Å². The molecule has 1 amide bonds. The Labute approximate surface area is 150 Å². The van der Waals surface area contributed by atoms with E-state index in [-0.39, 0.29) is 17.9 Å². The number of benzene rings is 2. The molecule has 2 aromatic carbocycles. The third-order valence-corrected chi connectivity index (χ3v) is 3.28. The second-order valence-corrected chi connectivity index (χ2v) is 5.08. The topological polar surface area (TPSA) is 111 Å². The summed E-state index contributed by atoms with van der Waals surface area (Å²) in [5.41, 5.74) is 0.954. The standard InChI is InChI=1S/C19H17N3O4/c1-2-26-19(25)16-5-3-4-6-17(16)21-12-13(11-20)18(24)22-14-7-9-15(23)10-8-14/h3-10,12,21,23H,2H2,1H3,(H,22,24)/b13-12-. The van der Waals surface area contributed by atoms with Crippen LogP contribution in [0.5, 0.6) is 5.75 Å². The summed E-state index contributed by atoms with van der Waals surface area (Å²) < 4.78 is 4.97. The second-order valence-electron chi connectivity index (χ2n) is 5.08. The molecule has 0 bridgehead atoms.